The van der Waals surface area contributed by atoms with Crippen molar-refractivity contribution in [2.45, 2.75) is 32.2 Å². The first-order chi connectivity index (χ1) is 17.0. The Labute approximate surface area is 216 Å². The monoisotopic (exact) mass is 529 g/mol. The smallest absolute Gasteiger partial charge is 0.255 e. The van der Waals surface area contributed by atoms with Crippen LogP contribution in [0.15, 0.2) is 64.6 Å². The summed E-state index contributed by atoms with van der Waals surface area (Å²) in [6.45, 7) is 4.85. The molecule has 0 bridgehead atoms. The van der Waals surface area contributed by atoms with E-state index in [-0.39, 0.29) is 22.9 Å². The van der Waals surface area contributed by atoms with Crippen LogP contribution >= 0.6 is 11.6 Å². The first-order valence-electron chi connectivity index (χ1n) is 11.0. The van der Waals surface area contributed by atoms with Crippen molar-refractivity contribution in [1.29, 1.82) is 0 Å². The molecule has 36 heavy (non-hydrogen) atoms. The van der Waals surface area contributed by atoms with Crippen LogP contribution in [0.4, 0.5) is 0 Å². The van der Waals surface area contributed by atoms with Crippen molar-refractivity contribution in [2.24, 2.45) is 5.10 Å². The number of benzene rings is 3. The van der Waals surface area contributed by atoms with E-state index in [9.17, 15) is 18.3 Å². The number of hydrazone groups is 1. The Morgan fingerprint density at radius 3 is 2.36 bits per heavy atom. The summed E-state index contributed by atoms with van der Waals surface area (Å²) in [6, 6.07) is 15.2. The van der Waals surface area contributed by atoms with Crippen LogP contribution in [0.1, 0.15) is 27.8 Å². The Balaban J connectivity index is 1.87. The molecule has 3 aromatic rings. The summed E-state index contributed by atoms with van der Waals surface area (Å²) in [6.07, 6.45) is 1.25. The van der Waals surface area contributed by atoms with Gasteiger partial charge in [-0.15, -0.1) is 0 Å². The summed E-state index contributed by atoms with van der Waals surface area (Å²) in [7, 11) is -2.62. The Bertz CT molecular complexity index is 1370. The number of methoxy groups -OCH3 is 1. The Kier molecular flexibility index (Phi) is 8.73. The molecule has 0 aromatic heterocycles. The number of nitrogens with one attached hydrogen (secondary N) is 1. The summed E-state index contributed by atoms with van der Waals surface area (Å²) < 4.78 is 33.6. The molecule has 0 radical (unpaired) electrons. The third kappa shape index (κ3) is 6.42. The van der Waals surface area contributed by atoms with Gasteiger partial charge in [-0.1, -0.05) is 47.5 Å². The summed E-state index contributed by atoms with van der Waals surface area (Å²) in [5.41, 5.74) is 5.47. The second kappa shape index (κ2) is 11.6. The van der Waals surface area contributed by atoms with Crippen molar-refractivity contribution in [3.8, 4) is 11.5 Å². The fourth-order valence-electron chi connectivity index (χ4n) is 3.90. The van der Waals surface area contributed by atoms with Crippen LogP contribution in [0.5, 0.6) is 11.5 Å². The summed E-state index contributed by atoms with van der Waals surface area (Å²) in [4.78, 5) is 12.9. The minimum absolute atomic E-state index is 0.0416. The van der Waals surface area contributed by atoms with Crippen LogP contribution in [0.3, 0.4) is 0 Å². The number of nitrogens with zero attached hydrogens (tertiary/aromatic N) is 2. The molecule has 190 valence electrons. The molecule has 8 nitrogen and oxygen atoms in total. The standard InChI is InChI=1S/C26H28ClN3O5S/c1-17-12-18(2)26(19(3)13-17)36(33,34)30(15-20-8-10-22(27)11-9-20)16-24(31)29-28-14-21-6-5-7-23(35-4)25(21)32/h5-14,32H,15-16H2,1-4H3,(H,29,31)/b28-14+. The van der Waals surface area contributed by atoms with Crippen molar-refractivity contribution >= 4 is 33.7 Å². The number of ether oxygens (including phenoxy) is 1. The molecular weight excluding hydrogens is 502 g/mol. The fraction of sp³-hybridized carbons (Fsp3) is 0.231. The minimum Gasteiger partial charge on any atom is -0.504 e. The van der Waals surface area contributed by atoms with E-state index in [0.717, 1.165) is 9.87 Å². The van der Waals surface area contributed by atoms with Gasteiger partial charge in [0.1, 0.15) is 0 Å². The van der Waals surface area contributed by atoms with Gasteiger partial charge in [0.05, 0.1) is 24.8 Å². The Morgan fingerprint density at radius 2 is 1.75 bits per heavy atom. The van der Waals surface area contributed by atoms with Crippen LogP contribution in [0, 0.1) is 20.8 Å². The number of amides is 1. The van der Waals surface area contributed by atoms with E-state index >= 15 is 0 Å². The van der Waals surface area contributed by atoms with Crippen LogP contribution in [0.25, 0.3) is 0 Å². The van der Waals surface area contributed by atoms with Crippen molar-refractivity contribution in [1.82, 2.24) is 9.73 Å². The summed E-state index contributed by atoms with van der Waals surface area (Å²) in [5, 5.41) is 14.6. The zero-order chi connectivity index (χ0) is 26.5. The van der Waals surface area contributed by atoms with Crippen molar-refractivity contribution in [3.05, 3.63) is 87.4 Å². The zero-order valence-corrected chi connectivity index (χ0v) is 22.0. The highest BCUT2D eigenvalue weighted by molar-refractivity contribution is 7.89. The maximum Gasteiger partial charge on any atom is 0.255 e. The van der Waals surface area contributed by atoms with Gasteiger partial charge in [-0.3, -0.25) is 4.79 Å². The molecule has 2 N–H and O–H groups in total. The molecule has 0 heterocycles. The molecular formula is C26H28ClN3O5S. The molecule has 0 unspecified atom stereocenters. The number of halogens is 1. The Morgan fingerprint density at radius 1 is 1.11 bits per heavy atom. The number of aryl methyl sites for hydroxylation is 3. The highest BCUT2D eigenvalue weighted by atomic mass is 35.5. The van der Waals surface area contributed by atoms with Crippen molar-refractivity contribution in [2.75, 3.05) is 13.7 Å². The molecule has 1 amide bonds. The second-order valence-electron chi connectivity index (χ2n) is 8.32. The van der Waals surface area contributed by atoms with Gasteiger partial charge in [0, 0.05) is 17.1 Å². The second-order valence-corrected chi connectivity index (χ2v) is 10.6. The lowest BCUT2D eigenvalue weighted by molar-refractivity contribution is -0.121. The van der Waals surface area contributed by atoms with Crippen LogP contribution < -0.4 is 10.2 Å². The number of carbonyl (C=O) groups excluding carboxylic acids is 1. The predicted octanol–water partition coefficient (Wildman–Crippen LogP) is 4.32. The van der Waals surface area contributed by atoms with Crippen LogP contribution in [-0.4, -0.2) is 43.6 Å². The normalized spacial score (nSPS) is 11.7. The summed E-state index contributed by atoms with van der Waals surface area (Å²) in [5.74, 6) is -0.516. The average molecular weight is 530 g/mol. The molecule has 0 spiro atoms. The lowest BCUT2D eigenvalue weighted by atomic mass is 10.1. The molecule has 10 heteroatoms. The third-order valence-electron chi connectivity index (χ3n) is 5.44. The SMILES string of the molecule is COc1cccc(/C=N/NC(=O)CN(Cc2ccc(Cl)cc2)S(=O)(=O)c2c(C)cc(C)cc2C)c1O. The Hall–Kier alpha value is -3.40. The van der Waals surface area contributed by atoms with Crippen LogP contribution in [-0.2, 0) is 21.4 Å². The summed E-state index contributed by atoms with van der Waals surface area (Å²) >= 11 is 5.98. The number of sulfonamides is 1. The van der Waals surface area contributed by atoms with E-state index < -0.39 is 22.5 Å². The maximum atomic E-state index is 13.7. The number of aromatic hydroxyl groups is 1. The van der Waals surface area contributed by atoms with Gasteiger partial charge in [-0.25, -0.2) is 13.8 Å². The minimum atomic E-state index is -4.04. The van der Waals surface area contributed by atoms with Gasteiger partial charge in [-0.05, 0) is 61.7 Å². The van der Waals surface area contributed by atoms with Gasteiger partial charge < -0.3 is 9.84 Å². The fourth-order valence-corrected chi connectivity index (χ4v) is 5.82. The maximum absolute atomic E-state index is 13.7. The molecule has 0 aliphatic rings. The van der Waals surface area contributed by atoms with Crippen molar-refractivity contribution < 1.29 is 23.1 Å². The molecule has 0 saturated carbocycles. The molecule has 0 saturated heterocycles. The first kappa shape index (κ1) is 27.2. The van der Waals surface area contributed by atoms with E-state index in [2.05, 4.69) is 10.5 Å². The lowest BCUT2D eigenvalue weighted by Crippen LogP contribution is -2.39. The number of para-hydroxylation sites is 1. The number of phenolic OH excluding ortho intramolecular Hbond substituents is 1. The van der Waals surface area contributed by atoms with Gasteiger partial charge in [0.2, 0.25) is 10.0 Å². The molecule has 0 aliphatic heterocycles. The molecule has 0 fully saturated rings. The third-order valence-corrected chi connectivity index (χ3v) is 7.79. The van der Waals surface area contributed by atoms with Gasteiger partial charge in [-0.2, -0.15) is 9.41 Å². The van der Waals surface area contributed by atoms with Gasteiger partial charge >= 0.3 is 0 Å². The number of rotatable bonds is 9. The quantitative estimate of drug-likeness (QED) is 0.317. The van der Waals surface area contributed by atoms with Gasteiger partial charge in [0.15, 0.2) is 11.5 Å². The predicted molar refractivity (Wildman–Crippen MR) is 140 cm³/mol. The number of carbonyl (C=O) groups is 1. The topological polar surface area (TPSA) is 108 Å². The molecule has 3 aromatic carbocycles. The van der Waals surface area contributed by atoms with E-state index in [1.165, 1.54) is 13.3 Å². The van der Waals surface area contributed by atoms with Gasteiger partial charge in [0.25, 0.3) is 5.91 Å². The largest absolute Gasteiger partial charge is 0.504 e. The van der Waals surface area contributed by atoms with Crippen LogP contribution in [0.2, 0.25) is 5.02 Å². The highest BCUT2D eigenvalue weighted by Crippen LogP contribution is 2.28. The van der Waals surface area contributed by atoms with Crippen molar-refractivity contribution in [3.63, 3.8) is 0 Å². The van der Waals surface area contributed by atoms with E-state index in [4.69, 9.17) is 16.3 Å². The van der Waals surface area contributed by atoms with E-state index in [1.807, 2.05) is 6.92 Å². The number of phenols is 1. The number of hydrogen-bond acceptors (Lipinski definition) is 6. The van der Waals surface area contributed by atoms with E-state index in [1.54, 1.807) is 68.4 Å². The molecule has 0 atom stereocenters. The highest BCUT2D eigenvalue weighted by Gasteiger charge is 2.30. The van der Waals surface area contributed by atoms with E-state index in [0.29, 0.717) is 27.3 Å². The zero-order valence-electron chi connectivity index (χ0n) is 20.4. The average Bonchev–Trinajstić information content (AvgIpc) is 2.80. The first-order valence-corrected chi connectivity index (χ1v) is 12.8. The lowest BCUT2D eigenvalue weighted by Gasteiger charge is -2.24. The molecule has 0 aliphatic carbocycles. The number of hydrogen-bond donors (Lipinski definition) is 2. The molecule has 3 rings (SSSR count).